The predicted octanol–water partition coefficient (Wildman–Crippen LogP) is 6.05. The van der Waals surface area contributed by atoms with E-state index in [2.05, 4.69) is 15.0 Å². The molecule has 0 atom stereocenters. The molecule has 9 nitrogen and oxygen atoms in total. The van der Waals surface area contributed by atoms with E-state index in [0.717, 1.165) is 11.5 Å². The van der Waals surface area contributed by atoms with Crippen LogP contribution >= 0.6 is 0 Å². The van der Waals surface area contributed by atoms with Crippen molar-refractivity contribution in [2.24, 2.45) is 0 Å². The van der Waals surface area contributed by atoms with Crippen LogP contribution in [0.4, 0.5) is 23.8 Å². The molecule has 2 aromatic heterocycles. The molecule has 210 valence electrons. The molecule has 1 aliphatic rings. The predicted molar refractivity (Wildman–Crippen MR) is 143 cm³/mol. The van der Waals surface area contributed by atoms with Gasteiger partial charge in [-0.3, -0.25) is 0 Å². The highest BCUT2D eigenvalue weighted by Gasteiger charge is 2.35. The molecule has 1 fully saturated rings. The molecular formula is C28H28F3N5O4. The minimum absolute atomic E-state index is 0.125. The van der Waals surface area contributed by atoms with Gasteiger partial charge in [-0.2, -0.15) is 13.2 Å². The minimum atomic E-state index is -4.74. The van der Waals surface area contributed by atoms with Crippen molar-refractivity contribution >= 4 is 33.6 Å². The molecule has 1 saturated heterocycles. The number of fused-ring (bicyclic) bond motifs is 2. The quantitative estimate of drug-likeness (QED) is 0.301. The number of piperazine rings is 1. The number of hydrogen-bond acceptors (Lipinski definition) is 8. The molecule has 0 N–H and O–H groups in total. The monoisotopic (exact) mass is 555 g/mol. The van der Waals surface area contributed by atoms with E-state index in [-0.39, 0.29) is 22.5 Å². The standard InChI is InChI=1S/C28H28F3N5O4/c1-27(2,3)40-26(37)36-11-9-35(10-12-36)24-20-15-22(28(29,30)31)34-25(23(20)32-16-33-24)39-21-14-18(38-4)13-17-7-5-6-8-19(17)21/h5-8,13-16H,9-12H2,1-4H3. The van der Waals surface area contributed by atoms with Gasteiger partial charge in [-0.1, -0.05) is 24.3 Å². The van der Waals surface area contributed by atoms with E-state index >= 15 is 0 Å². The van der Waals surface area contributed by atoms with Gasteiger partial charge in [-0.25, -0.2) is 19.7 Å². The van der Waals surface area contributed by atoms with Crippen LogP contribution in [0.5, 0.6) is 17.4 Å². The number of carbonyl (C=O) groups is 1. The number of amides is 1. The number of hydrogen-bond donors (Lipinski definition) is 0. The summed E-state index contributed by atoms with van der Waals surface area (Å²) in [6, 6.07) is 11.6. The summed E-state index contributed by atoms with van der Waals surface area (Å²) in [7, 11) is 1.49. The van der Waals surface area contributed by atoms with Gasteiger partial charge >= 0.3 is 12.3 Å². The van der Waals surface area contributed by atoms with Crippen LogP contribution in [-0.4, -0.2) is 64.8 Å². The van der Waals surface area contributed by atoms with Gasteiger partial charge in [0, 0.05) is 37.6 Å². The second-order valence-corrected chi connectivity index (χ2v) is 10.3. The number of methoxy groups -OCH3 is 1. The lowest BCUT2D eigenvalue weighted by Crippen LogP contribution is -2.50. The van der Waals surface area contributed by atoms with Gasteiger partial charge in [0.2, 0.25) is 5.88 Å². The van der Waals surface area contributed by atoms with Crippen LogP contribution in [0, 0.1) is 0 Å². The molecule has 1 amide bonds. The normalized spacial score (nSPS) is 14.5. The molecule has 0 aliphatic carbocycles. The number of nitrogens with zero attached hydrogens (tertiary/aromatic N) is 5. The van der Waals surface area contributed by atoms with E-state index in [1.165, 1.54) is 13.4 Å². The smallest absolute Gasteiger partial charge is 0.433 e. The maximum atomic E-state index is 14.0. The third kappa shape index (κ3) is 5.65. The molecule has 0 radical (unpaired) electrons. The fourth-order valence-corrected chi connectivity index (χ4v) is 4.47. The molecular weight excluding hydrogens is 527 g/mol. The summed E-state index contributed by atoms with van der Waals surface area (Å²) in [5.41, 5.74) is -1.65. The van der Waals surface area contributed by atoms with Gasteiger partial charge in [0.25, 0.3) is 0 Å². The zero-order valence-corrected chi connectivity index (χ0v) is 22.5. The fourth-order valence-electron chi connectivity index (χ4n) is 4.47. The number of anilines is 1. The Labute approximate surface area is 228 Å². The Morgan fingerprint density at radius 3 is 2.35 bits per heavy atom. The summed E-state index contributed by atoms with van der Waals surface area (Å²) in [4.78, 5) is 28.3. The first-order valence-corrected chi connectivity index (χ1v) is 12.6. The number of alkyl halides is 3. The minimum Gasteiger partial charge on any atom is -0.497 e. The van der Waals surface area contributed by atoms with Crippen molar-refractivity contribution in [3.05, 3.63) is 54.5 Å². The number of rotatable bonds is 4. The third-order valence-electron chi connectivity index (χ3n) is 6.33. The highest BCUT2D eigenvalue weighted by molar-refractivity contribution is 5.94. The lowest BCUT2D eigenvalue weighted by atomic mass is 10.1. The maximum Gasteiger partial charge on any atom is 0.433 e. The first-order valence-electron chi connectivity index (χ1n) is 12.6. The fraction of sp³-hybridized carbons (Fsp3) is 0.357. The van der Waals surface area contributed by atoms with Gasteiger partial charge in [-0.15, -0.1) is 0 Å². The summed E-state index contributed by atoms with van der Waals surface area (Å²) < 4.78 is 58.9. The van der Waals surface area contributed by atoms with Crippen molar-refractivity contribution < 1.29 is 32.2 Å². The summed E-state index contributed by atoms with van der Waals surface area (Å²) in [5.74, 6) is 0.735. The summed E-state index contributed by atoms with van der Waals surface area (Å²) in [5, 5.41) is 1.59. The summed E-state index contributed by atoms with van der Waals surface area (Å²) in [6.07, 6.45) is -3.92. The van der Waals surface area contributed by atoms with Crippen LogP contribution in [0.2, 0.25) is 0 Å². The molecule has 3 heterocycles. The van der Waals surface area contributed by atoms with Crippen molar-refractivity contribution in [3.63, 3.8) is 0 Å². The third-order valence-corrected chi connectivity index (χ3v) is 6.33. The Balaban J connectivity index is 1.54. The van der Waals surface area contributed by atoms with Gasteiger partial charge in [0.15, 0.2) is 0 Å². The van der Waals surface area contributed by atoms with Crippen molar-refractivity contribution in [3.8, 4) is 17.4 Å². The Morgan fingerprint density at radius 1 is 0.950 bits per heavy atom. The lowest BCUT2D eigenvalue weighted by Gasteiger charge is -2.36. The van der Waals surface area contributed by atoms with Crippen molar-refractivity contribution in [1.29, 1.82) is 0 Å². The molecule has 5 rings (SSSR count). The molecule has 2 aromatic carbocycles. The first-order chi connectivity index (χ1) is 18.9. The maximum absolute atomic E-state index is 14.0. The molecule has 0 bridgehead atoms. The average Bonchev–Trinajstić information content (AvgIpc) is 2.91. The van der Waals surface area contributed by atoms with Crippen LogP contribution < -0.4 is 14.4 Å². The molecule has 1 aliphatic heterocycles. The summed E-state index contributed by atoms with van der Waals surface area (Å²) in [6.45, 7) is 6.67. The molecule has 0 spiro atoms. The molecule has 12 heteroatoms. The van der Waals surface area contributed by atoms with Gasteiger partial charge < -0.3 is 24.0 Å². The Kier molecular flexibility index (Phi) is 7.03. The van der Waals surface area contributed by atoms with E-state index in [4.69, 9.17) is 14.2 Å². The highest BCUT2D eigenvalue weighted by atomic mass is 19.4. The largest absolute Gasteiger partial charge is 0.497 e. The second-order valence-electron chi connectivity index (χ2n) is 10.3. The van der Waals surface area contributed by atoms with Crippen LogP contribution in [0.3, 0.4) is 0 Å². The van der Waals surface area contributed by atoms with Gasteiger partial charge in [0.1, 0.15) is 40.5 Å². The SMILES string of the molecule is COc1cc(Oc2nc(C(F)(F)F)cc3c(N4CCN(C(=O)OC(C)(C)C)CC4)ncnc23)c2ccccc2c1. The average molecular weight is 556 g/mol. The first kappa shape index (κ1) is 27.2. The van der Waals surface area contributed by atoms with Crippen LogP contribution in [-0.2, 0) is 10.9 Å². The molecule has 0 unspecified atom stereocenters. The number of benzene rings is 2. The molecule has 0 saturated carbocycles. The Hall–Kier alpha value is -4.35. The highest BCUT2D eigenvalue weighted by Crippen LogP contribution is 2.40. The van der Waals surface area contributed by atoms with E-state index in [1.54, 1.807) is 49.9 Å². The summed E-state index contributed by atoms with van der Waals surface area (Å²) >= 11 is 0. The van der Waals surface area contributed by atoms with Crippen LogP contribution in [0.15, 0.2) is 48.8 Å². The number of aromatic nitrogens is 3. The van der Waals surface area contributed by atoms with E-state index < -0.39 is 23.6 Å². The molecule has 40 heavy (non-hydrogen) atoms. The zero-order valence-electron chi connectivity index (χ0n) is 22.5. The van der Waals surface area contributed by atoms with Crippen LogP contribution in [0.25, 0.3) is 21.7 Å². The van der Waals surface area contributed by atoms with E-state index in [0.29, 0.717) is 43.1 Å². The number of carbonyl (C=O) groups excluding carboxylic acids is 1. The van der Waals surface area contributed by atoms with Crippen molar-refractivity contribution in [1.82, 2.24) is 19.9 Å². The Morgan fingerprint density at radius 2 is 1.68 bits per heavy atom. The number of halogens is 3. The number of ether oxygens (including phenoxy) is 3. The molecule has 4 aromatic rings. The lowest BCUT2D eigenvalue weighted by molar-refractivity contribution is -0.141. The van der Waals surface area contributed by atoms with E-state index in [1.807, 2.05) is 17.0 Å². The van der Waals surface area contributed by atoms with Crippen molar-refractivity contribution in [2.75, 3.05) is 38.2 Å². The zero-order chi connectivity index (χ0) is 28.7. The Bertz CT molecular complexity index is 1560. The second kappa shape index (κ2) is 10.3. The number of pyridine rings is 1. The van der Waals surface area contributed by atoms with Gasteiger partial charge in [0.05, 0.1) is 12.5 Å². The van der Waals surface area contributed by atoms with E-state index in [9.17, 15) is 18.0 Å². The topological polar surface area (TPSA) is 89.9 Å². The van der Waals surface area contributed by atoms with Crippen LogP contribution in [0.1, 0.15) is 26.5 Å². The van der Waals surface area contributed by atoms with Gasteiger partial charge in [-0.05, 0) is 38.3 Å². The van der Waals surface area contributed by atoms with Crippen molar-refractivity contribution in [2.45, 2.75) is 32.5 Å².